The van der Waals surface area contributed by atoms with E-state index in [0.717, 1.165) is 40.7 Å². The monoisotopic (exact) mass is 328 g/mol. The maximum atomic E-state index is 6.51. The molecule has 0 aliphatic heterocycles. The van der Waals surface area contributed by atoms with Crippen molar-refractivity contribution in [3.63, 3.8) is 0 Å². The van der Waals surface area contributed by atoms with E-state index < -0.39 is 0 Å². The maximum Gasteiger partial charge on any atom is 0.165 e. The van der Waals surface area contributed by atoms with Crippen molar-refractivity contribution in [1.29, 1.82) is 0 Å². The van der Waals surface area contributed by atoms with Crippen molar-refractivity contribution in [3.05, 3.63) is 52.3 Å². The van der Waals surface area contributed by atoms with Gasteiger partial charge in [0.1, 0.15) is 0 Å². The first kappa shape index (κ1) is 15.8. The molecule has 2 aromatic rings. The molecular weight excluding hydrogens is 308 g/mol. The molecule has 1 aliphatic carbocycles. The van der Waals surface area contributed by atoms with Gasteiger partial charge in [-0.3, -0.25) is 10.8 Å². The Morgan fingerprint density at radius 3 is 2.87 bits per heavy atom. The van der Waals surface area contributed by atoms with E-state index in [2.05, 4.69) is 39.5 Å². The van der Waals surface area contributed by atoms with Gasteiger partial charge in [-0.15, -0.1) is 0 Å². The lowest BCUT2D eigenvalue weighted by atomic mass is 10.1. The Balaban J connectivity index is 1.85. The van der Waals surface area contributed by atoms with Crippen LogP contribution in [0.2, 0.25) is 5.02 Å². The zero-order valence-corrected chi connectivity index (χ0v) is 14.0. The molecule has 3 rings (SSSR count). The first-order chi connectivity index (χ1) is 11.2. The lowest BCUT2D eigenvalue weighted by molar-refractivity contribution is -0.574. The highest BCUT2D eigenvalue weighted by molar-refractivity contribution is 6.34. The normalized spacial score (nSPS) is 13.3. The van der Waals surface area contributed by atoms with Crippen LogP contribution in [0, 0.1) is 24.7 Å². The predicted octanol–water partition coefficient (Wildman–Crippen LogP) is 1.62. The highest BCUT2D eigenvalue weighted by Gasteiger charge is 2.24. The molecule has 1 fully saturated rings. The Bertz CT molecular complexity index is 772. The summed E-state index contributed by atoms with van der Waals surface area (Å²) >= 11 is 6.51. The molecule has 1 heterocycles. The average Bonchev–Trinajstić information content (AvgIpc) is 3.36. The number of nitrogens with one attached hydrogen (secondary N) is 1. The lowest BCUT2D eigenvalue weighted by Gasteiger charge is -2.08. The molecule has 0 bridgehead atoms. The van der Waals surface area contributed by atoms with E-state index in [1.807, 2.05) is 25.1 Å². The number of hydrogen-bond donors (Lipinski definition) is 3. The van der Waals surface area contributed by atoms with Crippen LogP contribution in [0.3, 0.4) is 0 Å². The number of quaternary nitrogens is 2. The molecule has 1 saturated carbocycles. The Morgan fingerprint density at radius 1 is 1.35 bits per heavy atom. The third-order valence-electron chi connectivity index (χ3n) is 3.96. The Hall–Kier alpha value is -2.06. The first-order valence-corrected chi connectivity index (χ1v) is 8.18. The number of halogens is 1. The second-order valence-corrected chi connectivity index (χ2v) is 6.27. The van der Waals surface area contributed by atoms with Crippen molar-refractivity contribution in [2.75, 3.05) is 12.0 Å². The van der Waals surface area contributed by atoms with Gasteiger partial charge < -0.3 is 5.32 Å². The summed E-state index contributed by atoms with van der Waals surface area (Å²) in [7, 11) is 0. The van der Waals surface area contributed by atoms with Gasteiger partial charge >= 0.3 is 0 Å². The van der Waals surface area contributed by atoms with Crippen molar-refractivity contribution >= 4 is 23.0 Å². The van der Waals surface area contributed by atoms with Crippen LogP contribution in [-0.4, -0.2) is 11.5 Å². The van der Waals surface area contributed by atoms with Gasteiger partial charge in [-0.05, 0) is 38.0 Å². The molecule has 1 aromatic heterocycles. The number of benzene rings is 1. The minimum atomic E-state index is 0.628. The Labute approximate surface area is 141 Å². The van der Waals surface area contributed by atoms with Crippen molar-refractivity contribution in [1.82, 2.24) is 4.98 Å². The zero-order valence-electron chi connectivity index (χ0n) is 13.2. The molecule has 118 valence electrons. The fourth-order valence-electron chi connectivity index (χ4n) is 2.45. The van der Waals surface area contributed by atoms with Gasteiger partial charge in [0.05, 0.1) is 11.6 Å². The number of anilines is 1. The molecule has 6 N–H and O–H groups in total. The fourth-order valence-corrected chi connectivity index (χ4v) is 2.73. The third-order valence-corrected chi connectivity index (χ3v) is 4.35. The number of nitrogens with two attached hydrogens (primary N) is 1. The van der Waals surface area contributed by atoms with Crippen LogP contribution in [0.15, 0.2) is 30.5 Å². The smallest absolute Gasteiger partial charge is 0.165 e. The van der Waals surface area contributed by atoms with Crippen LogP contribution in [0.5, 0.6) is 0 Å². The van der Waals surface area contributed by atoms with Gasteiger partial charge in [0, 0.05) is 35.0 Å². The largest absolute Gasteiger partial charge is 0.312 e. The quantitative estimate of drug-likeness (QED) is 0.453. The number of pyridine rings is 1. The summed E-state index contributed by atoms with van der Waals surface area (Å²) in [6.07, 6.45) is 4.44. The first-order valence-electron chi connectivity index (χ1n) is 7.81. The van der Waals surface area contributed by atoms with Gasteiger partial charge in [-0.1, -0.05) is 23.4 Å². The SMILES string of the molecule is Cc1cc(C#Cc2ccc([NH2+]CC3CC3)c(N[NH3+])c2Cl)ccn1. The summed E-state index contributed by atoms with van der Waals surface area (Å²) in [6, 6.07) is 7.89. The van der Waals surface area contributed by atoms with E-state index in [-0.39, 0.29) is 0 Å². The highest BCUT2D eigenvalue weighted by Crippen LogP contribution is 2.31. The molecule has 0 atom stereocenters. The highest BCUT2D eigenvalue weighted by atomic mass is 35.5. The number of aryl methyl sites for hydroxylation is 1. The van der Waals surface area contributed by atoms with Crippen molar-refractivity contribution in [3.8, 4) is 11.8 Å². The van der Waals surface area contributed by atoms with E-state index in [1.54, 1.807) is 6.20 Å². The summed E-state index contributed by atoms with van der Waals surface area (Å²) in [5.74, 6) is 10.9. The zero-order chi connectivity index (χ0) is 16.2. The number of hydrogen-bond acceptors (Lipinski definition) is 2. The fraction of sp³-hybridized carbons (Fsp3) is 0.278. The predicted molar refractivity (Wildman–Crippen MR) is 92.1 cm³/mol. The molecule has 5 heteroatoms. The molecule has 0 amide bonds. The third kappa shape index (κ3) is 4.02. The molecule has 0 saturated heterocycles. The Morgan fingerprint density at radius 2 is 2.17 bits per heavy atom. The van der Waals surface area contributed by atoms with Gasteiger partial charge in [0.15, 0.2) is 11.4 Å². The van der Waals surface area contributed by atoms with E-state index in [1.165, 1.54) is 12.8 Å². The molecule has 0 spiro atoms. The number of aromatic nitrogens is 1. The van der Waals surface area contributed by atoms with E-state index in [4.69, 9.17) is 11.6 Å². The van der Waals surface area contributed by atoms with Gasteiger partial charge in [-0.2, -0.15) is 0 Å². The summed E-state index contributed by atoms with van der Waals surface area (Å²) in [4.78, 5) is 4.17. The molecule has 0 unspecified atom stereocenters. The topological polar surface area (TPSA) is 69.2 Å². The summed E-state index contributed by atoms with van der Waals surface area (Å²) in [6.45, 7) is 3.06. The van der Waals surface area contributed by atoms with Crippen LogP contribution < -0.4 is 16.6 Å². The maximum absolute atomic E-state index is 6.51. The summed E-state index contributed by atoms with van der Waals surface area (Å²) in [5, 5.41) is 2.86. The average molecular weight is 329 g/mol. The van der Waals surface area contributed by atoms with Crippen LogP contribution in [-0.2, 0) is 0 Å². The van der Waals surface area contributed by atoms with Gasteiger partial charge in [0.25, 0.3) is 0 Å². The number of rotatable bonds is 4. The molecule has 0 radical (unpaired) electrons. The van der Waals surface area contributed by atoms with Crippen molar-refractivity contribution in [2.24, 2.45) is 5.92 Å². The summed E-state index contributed by atoms with van der Waals surface area (Å²) in [5.41, 5.74) is 7.60. The Kier molecular flexibility index (Phi) is 4.82. The standard InChI is InChI=1S/C18H19ClN4/c1-12-10-13(8-9-21-12)4-5-15-6-7-16(18(23-20)17(15)19)22-11-14-2-3-14/h6-10,14,22-23H,2-3,11,20H2,1H3/p+2. The summed E-state index contributed by atoms with van der Waals surface area (Å²) < 4.78 is 0. The van der Waals surface area contributed by atoms with E-state index in [0.29, 0.717) is 5.02 Å². The van der Waals surface area contributed by atoms with Crippen LogP contribution in [0.1, 0.15) is 29.7 Å². The molecule has 1 aliphatic rings. The van der Waals surface area contributed by atoms with Crippen LogP contribution in [0.25, 0.3) is 0 Å². The van der Waals surface area contributed by atoms with E-state index in [9.17, 15) is 0 Å². The lowest BCUT2D eigenvalue weighted by Crippen LogP contribution is -2.79. The van der Waals surface area contributed by atoms with Crippen LogP contribution in [0.4, 0.5) is 11.4 Å². The number of nitrogens with zero attached hydrogens (tertiary/aromatic N) is 1. The van der Waals surface area contributed by atoms with Gasteiger partial charge in [0.2, 0.25) is 0 Å². The molecule has 1 aromatic carbocycles. The van der Waals surface area contributed by atoms with Crippen molar-refractivity contribution < 1.29 is 11.2 Å². The van der Waals surface area contributed by atoms with E-state index >= 15 is 0 Å². The minimum absolute atomic E-state index is 0.628. The van der Waals surface area contributed by atoms with Crippen LogP contribution >= 0.6 is 11.6 Å². The molecule has 23 heavy (non-hydrogen) atoms. The molecule has 4 nitrogen and oxygen atoms in total. The molecular formula is C18H21ClN4+2. The van der Waals surface area contributed by atoms with Gasteiger partial charge in [-0.25, -0.2) is 5.43 Å². The second kappa shape index (κ2) is 7.01. The second-order valence-electron chi connectivity index (χ2n) is 5.89. The van der Waals surface area contributed by atoms with Crippen molar-refractivity contribution in [2.45, 2.75) is 19.8 Å². The minimum Gasteiger partial charge on any atom is -0.312 e.